The number of halogens is 3. The van der Waals surface area contributed by atoms with Gasteiger partial charge in [0.15, 0.2) is 0 Å². The lowest BCUT2D eigenvalue weighted by Gasteiger charge is -2.14. The molecule has 1 atom stereocenters. The van der Waals surface area contributed by atoms with Crippen molar-refractivity contribution in [1.82, 2.24) is 0 Å². The molecule has 2 rings (SSSR count). The van der Waals surface area contributed by atoms with Crippen LogP contribution in [0.5, 0.6) is 0 Å². The van der Waals surface area contributed by atoms with Crippen molar-refractivity contribution < 1.29 is 4.39 Å². The molecule has 4 heteroatoms. The maximum atomic E-state index is 13.7. The van der Waals surface area contributed by atoms with Crippen molar-refractivity contribution in [1.29, 1.82) is 0 Å². The van der Waals surface area contributed by atoms with E-state index in [-0.39, 0.29) is 11.9 Å². The Hall–Kier alpha value is -1.09. The highest BCUT2D eigenvalue weighted by Crippen LogP contribution is 2.22. The van der Waals surface area contributed by atoms with Gasteiger partial charge >= 0.3 is 0 Å². The Morgan fingerprint density at radius 1 is 0.947 bits per heavy atom. The molecule has 2 N–H and O–H groups in total. The summed E-state index contributed by atoms with van der Waals surface area (Å²) in [7, 11) is 0. The first-order chi connectivity index (χ1) is 9.08. The zero-order valence-corrected chi connectivity index (χ0v) is 11.8. The van der Waals surface area contributed by atoms with Gasteiger partial charge in [0.05, 0.1) is 0 Å². The fraction of sp³-hybridized carbons (Fsp3) is 0.200. The molecular weight excluding hydrogens is 284 g/mol. The van der Waals surface area contributed by atoms with Gasteiger partial charge in [0.25, 0.3) is 0 Å². The Balaban J connectivity index is 2.10. The van der Waals surface area contributed by atoms with Gasteiger partial charge in [-0.25, -0.2) is 4.39 Å². The lowest BCUT2D eigenvalue weighted by Crippen LogP contribution is -2.26. The molecule has 0 spiro atoms. The van der Waals surface area contributed by atoms with Gasteiger partial charge in [-0.3, -0.25) is 0 Å². The summed E-state index contributed by atoms with van der Waals surface area (Å²) in [5.74, 6) is -0.317. The van der Waals surface area contributed by atoms with Gasteiger partial charge < -0.3 is 5.73 Å². The van der Waals surface area contributed by atoms with Crippen LogP contribution in [0.4, 0.5) is 4.39 Å². The molecule has 0 saturated heterocycles. The third kappa shape index (κ3) is 3.69. The first-order valence-electron chi connectivity index (χ1n) is 6.00. The summed E-state index contributed by atoms with van der Waals surface area (Å²) in [6.07, 6.45) is 0.973. The number of hydrogen-bond acceptors (Lipinski definition) is 1. The summed E-state index contributed by atoms with van der Waals surface area (Å²) in [6, 6.07) is 11.9. The fourth-order valence-corrected chi connectivity index (χ4v) is 2.46. The van der Waals surface area contributed by atoms with Crippen LogP contribution in [-0.2, 0) is 12.8 Å². The van der Waals surface area contributed by atoms with Crippen molar-refractivity contribution in [3.63, 3.8) is 0 Å². The molecule has 19 heavy (non-hydrogen) atoms. The van der Waals surface area contributed by atoms with Crippen molar-refractivity contribution in [2.45, 2.75) is 18.9 Å². The standard InChI is InChI=1S/C15H14Cl2FN/c16-13-5-2-1-4-10(13)8-11(19)9-12-14(17)6-3-7-15(12)18/h1-7,11H,8-9,19H2. The van der Waals surface area contributed by atoms with E-state index in [0.717, 1.165) is 5.56 Å². The van der Waals surface area contributed by atoms with Crippen molar-refractivity contribution in [2.24, 2.45) is 5.73 Å². The minimum absolute atomic E-state index is 0.228. The maximum absolute atomic E-state index is 13.7. The second-order valence-corrected chi connectivity index (χ2v) is 5.27. The molecule has 0 bridgehead atoms. The van der Waals surface area contributed by atoms with Crippen LogP contribution in [0.15, 0.2) is 42.5 Å². The molecule has 0 aliphatic heterocycles. The molecule has 0 saturated carbocycles. The quantitative estimate of drug-likeness (QED) is 0.897. The van der Waals surface area contributed by atoms with E-state index in [9.17, 15) is 4.39 Å². The predicted molar refractivity (Wildman–Crippen MR) is 78.2 cm³/mol. The third-order valence-electron chi connectivity index (χ3n) is 2.97. The first-order valence-corrected chi connectivity index (χ1v) is 6.75. The molecule has 0 amide bonds. The monoisotopic (exact) mass is 297 g/mol. The molecular formula is C15H14Cl2FN. The summed E-state index contributed by atoms with van der Waals surface area (Å²) in [5.41, 5.74) is 7.48. The number of benzene rings is 2. The highest BCUT2D eigenvalue weighted by atomic mass is 35.5. The van der Waals surface area contributed by atoms with Crippen LogP contribution in [0, 0.1) is 5.82 Å². The Labute approximate surface area is 122 Å². The van der Waals surface area contributed by atoms with Crippen LogP contribution >= 0.6 is 23.2 Å². The first kappa shape index (κ1) is 14.3. The lowest BCUT2D eigenvalue weighted by atomic mass is 9.99. The SMILES string of the molecule is NC(Cc1ccccc1Cl)Cc1c(F)cccc1Cl. The molecule has 0 fully saturated rings. The lowest BCUT2D eigenvalue weighted by molar-refractivity contribution is 0.584. The number of hydrogen-bond donors (Lipinski definition) is 1. The van der Waals surface area contributed by atoms with Gasteiger partial charge in [0.1, 0.15) is 5.82 Å². The summed E-state index contributed by atoms with van der Waals surface area (Å²) < 4.78 is 13.7. The second-order valence-electron chi connectivity index (χ2n) is 4.46. The normalized spacial score (nSPS) is 12.4. The van der Waals surface area contributed by atoms with Crippen LogP contribution in [-0.4, -0.2) is 6.04 Å². The van der Waals surface area contributed by atoms with Gasteiger partial charge in [-0.2, -0.15) is 0 Å². The average molecular weight is 298 g/mol. The van der Waals surface area contributed by atoms with Gasteiger partial charge in [0.2, 0.25) is 0 Å². The van der Waals surface area contributed by atoms with E-state index in [1.54, 1.807) is 12.1 Å². The van der Waals surface area contributed by atoms with Crippen LogP contribution in [0.1, 0.15) is 11.1 Å². The Morgan fingerprint density at radius 2 is 1.63 bits per heavy atom. The molecule has 2 aromatic rings. The summed E-state index contributed by atoms with van der Waals surface area (Å²) >= 11 is 12.1. The molecule has 1 unspecified atom stereocenters. The molecule has 0 radical (unpaired) electrons. The van der Waals surface area contributed by atoms with E-state index in [4.69, 9.17) is 28.9 Å². The van der Waals surface area contributed by atoms with Crippen LogP contribution in [0.3, 0.4) is 0 Å². The Bertz CT molecular complexity index is 552. The molecule has 0 aromatic heterocycles. The summed E-state index contributed by atoms with van der Waals surface area (Å²) in [4.78, 5) is 0. The van der Waals surface area contributed by atoms with Crippen LogP contribution in [0.2, 0.25) is 10.0 Å². The van der Waals surface area contributed by atoms with Gasteiger partial charge in [-0.05, 0) is 36.6 Å². The molecule has 1 nitrogen and oxygen atoms in total. The van der Waals surface area contributed by atoms with Crippen molar-refractivity contribution in [3.8, 4) is 0 Å². The molecule has 0 aliphatic carbocycles. The van der Waals surface area contributed by atoms with Gasteiger partial charge in [0, 0.05) is 21.7 Å². The summed E-state index contributed by atoms with van der Waals surface area (Å²) in [6.45, 7) is 0. The van der Waals surface area contributed by atoms with E-state index in [2.05, 4.69) is 0 Å². The minimum atomic E-state index is -0.317. The second kappa shape index (κ2) is 6.38. The van der Waals surface area contributed by atoms with E-state index in [1.165, 1.54) is 6.07 Å². The highest BCUT2D eigenvalue weighted by molar-refractivity contribution is 6.31. The fourth-order valence-electron chi connectivity index (χ4n) is 2.01. The van der Waals surface area contributed by atoms with Crippen LogP contribution in [0.25, 0.3) is 0 Å². The van der Waals surface area contributed by atoms with Crippen molar-refractivity contribution in [3.05, 3.63) is 69.5 Å². The van der Waals surface area contributed by atoms with Gasteiger partial charge in [-0.15, -0.1) is 0 Å². The smallest absolute Gasteiger partial charge is 0.127 e. The molecule has 0 heterocycles. The van der Waals surface area contributed by atoms with E-state index < -0.39 is 0 Å². The minimum Gasteiger partial charge on any atom is -0.327 e. The molecule has 0 aliphatic rings. The summed E-state index contributed by atoms with van der Waals surface area (Å²) in [5, 5.41) is 1.09. The zero-order valence-electron chi connectivity index (χ0n) is 10.2. The Kier molecular flexibility index (Phi) is 4.81. The number of rotatable bonds is 4. The average Bonchev–Trinajstić information content (AvgIpc) is 2.37. The van der Waals surface area contributed by atoms with Gasteiger partial charge in [-0.1, -0.05) is 47.5 Å². The molecule has 2 aromatic carbocycles. The topological polar surface area (TPSA) is 26.0 Å². The maximum Gasteiger partial charge on any atom is 0.127 e. The highest BCUT2D eigenvalue weighted by Gasteiger charge is 2.13. The number of nitrogens with two attached hydrogens (primary N) is 1. The van der Waals surface area contributed by atoms with E-state index >= 15 is 0 Å². The van der Waals surface area contributed by atoms with Crippen molar-refractivity contribution >= 4 is 23.2 Å². The van der Waals surface area contributed by atoms with Crippen LogP contribution < -0.4 is 5.73 Å². The predicted octanol–water partition coefficient (Wildman–Crippen LogP) is 4.25. The zero-order chi connectivity index (χ0) is 13.8. The third-order valence-corrected chi connectivity index (χ3v) is 3.69. The van der Waals surface area contributed by atoms with E-state index in [1.807, 2.05) is 24.3 Å². The Morgan fingerprint density at radius 3 is 2.32 bits per heavy atom. The molecule has 100 valence electrons. The van der Waals surface area contributed by atoms with E-state index in [0.29, 0.717) is 28.5 Å². The van der Waals surface area contributed by atoms with Crippen molar-refractivity contribution in [2.75, 3.05) is 0 Å². The largest absolute Gasteiger partial charge is 0.327 e.